The van der Waals surface area contributed by atoms with Crippen molar-refractivity contribution in [2.24, 2.45) is 0 Å². The van der Waals surface area contributed by atoms with Gasteiger partial charge in [0.05, 0.1) is 6.10 Å². The molecular formula is C15H26N4O. The predicted octanol–water partition coefficient (Wildman–Crippen LogP) is 2.61. The monoisotopic (exact) mass is 278 g/mol. The van der Waals surface area contributed by atoms with E-state index in [4.69, 9.17) is 4.74 Å². The van der Waals surface area contributed by atoms with Crippen LogP contribution in [-0.4, -0.2) is 42.3 Å². The SMILES string of the molecule is CCCNc1ncnc(N2CCCC(OCC)C2)c1C. The molecule has 0 aromatic carbocycles. The summed E-state index contributed by atoms with van der Waals surface area (Å²) < 4.78 is 5.77. The van der Waals surface area contributed by atoms with Crippen LogP contribution in [0.2, 0.25) is 0 Å². The first-order chi connectivity index (χ1) is 9.76. The van der Waals surface area contributed by atoms with Gasteiger partial charge < -0.3 is 15.0 Å². The lowest BCUT2D eigenvalue weighted by Gasteiger charge is -2.34. The maximum atomic E-state index is 5.77. The van der Waals surface area contributed by atoms with E-state index in [1.54, 1.807) is 6.33 Å². The Labute approximate surface area is 121 Å². The molecule has 1 aliphatic rings. The van der Waals surface area contributed by atoms with Crippen LogP contribution in [0, 0.1) is 6.92 Å². The zero-order chi connectivity index (χ0) is 14.4. The van der Waals surface area contributed by atoms with E-state index < -0.39 is 0 Å². The van der Waals surface area contributed by atoms with Gasteiger partial charge in [-0.05, 0) is 33.1 Å². The van der Waals surface area contributed by atoms with Crippen LogP contribution in [0.1, 0.15) is 38.7 Å². The fourth-order valence-corrected chi connectivity index (χ4v) is 2.68. The molecule has 5 heteroatoms. The molecule has 112 valence electrons. The van der Waals surface area contributed by atoms with E-state index in [0.29, 0.717) is 6.10 Å². The summed E-state index contributed by atoms with van der Waals surface area (Å²) in [5.74, 6) is 2.00. The van der Waals surface area contributed by atoms with Gasteiger partial charge in [-0.2, -0.15) is 0 Å². The third-order valence-corrected chi connectivity index (χ3v) is 3.68. The molecule has 0 amide bonds. The lowest BCUT2D eigenvalue weighted by atomic mass is 10.1. The number of nitrogens with one attached hydrogen (secondary N) is 1. The molecule has 1 aromatic heterocycles. The van der Waals surface area contributed by atoms with Gasteiger partial charge in [0.25, 0.3) is 0 Å². The first-order valence-corrected chi connectivity index (χ1v) is 7.68. The number of hydrogen-bond donors (Lipinski definition) is 1. The summed E-state index contributed by atoms with van der Waals surface area (Å²) in [5.41, 5.74) is 1.14. The minimum Gasteiger partial charge on any atom is -0.377 e. The summed E-state index contributed by atoms with van der Waals surface area (Å²) in [6, 6.07) is 0. The molecule has 1 aliphatic heterocycles. The minimum absolute atomic E-state index is 0.329. The fourth-order valence-electron chi connectivity index (χ4n) is 2.68. The molecule has 1 saturated heterocycles. The van der Waals surface area contributed by atoms with Crippen molar-refractivity contribution in [1.29, 1.82) is 0 Å². The Morgan fingerprint density at radius 3 is 3.00 bits per heavy atom. The van der Waals surface area contributed by atoms with Gasteiger partial charge in [-0.1, -0.05) is 6.92 Å². The summed E-state index contributed by atoms with van der Waals surface area (Å²) in [6.45, 7) is 10.0. The largest absolute Gasteiger partial charge is 0.377 e. The molecule has 0 bridgehead atoms. The van der Waals surface area contributed by atoms with Crippen molar-refractivity contribution in [3.63, 3.8) is 0 Å². The molecule has 1 aromatic rings. The number of ether oxygens (including phenoxy) is 1. The number of hydrogen-bond acceptors (Lipinski definition) is 5. The summed E-state index contributed by atoms with van der Waals surface area (Å²) in [5, 5.41) is 3.37. The average molecular weight is 278 g/mol. The highest BCUT2D eigenvalue weighted by atomic mass is 16.5. The van der Waals surface area contributed by atoms with E-state index in [0.717, 1.165) is 62.7 Å². The highest BCUT2D eigenvalue weighted by molar-refractivity contribution is 5.58. The Morgan fingerprint density at radius 1 is 1.40 bits per heavy atom. The standard InChI is InChI=1S/C15H26N4O/c1-4-8-16-14-12(3)15(18-11-17-14)19-9-6-7-13(10-19)20-5-2/h11,13H,4-10H2,1-3H3,(H,16,17,18). The van der Waals surface area contributed by atoms with Gasteiger partial charge in [0.2, 0.25) is 0 Å². The van der Waals surface area contributed by atoms with Crippen LogP contribution in [0.3, 0.4) is 0 Å². The molecule has 1 fully saturated rings. The van der Waals surface area contributed by atoms with Crippen molar-refractivity contribution in [1.82, 2.24) is 9.97 Å². The molecule has 1 unspecified atom stereocenters. The highest BCUT2D eigenvalue weighted by Crippen LogP contribution is 2.25. The third kappa shape index (κ3) is 3.60. The zero-order valence-corrected chi connectivity index (χ0v) is 12.9. The number of anilines is 2. The topological polar surface area (TPSA) is 50.3 Å². The second kappa shape index (κ2) is 7.43. The summed E-state index contributed by atoms with van der Waals surface area (Å²) in [4.78, 5) is 11.2. The van der Waals surface area contributed by atoms with Crippen LogP contribution in [-0.2, 0) is 4.74 Å². The predicted molar refractivity (Wildman–Crippen MR) is 82.4 cm³/mol. The van der Waals surface area contributed by atoms with Gasteiger partial charge in [0, 0.05) is 31.8 Å². The Balaban J connectivity index is 2.11. The molecule has 5 nitrogen and oxygen atoms in total. The highest BCUT2D eigenvalue weighted by Gasteiger charge is 2.23. The van der Waals surface area contributed by atoms with Gasteiger partial charge in [-0.3, -0.25) is 0 Å². The van der Waals surface area contributed by atoms with Crippen molar-refractivity contribution in [2.75, 3.05) is 36.5 Å². The normalized spacial score (nSPS) is 19.1. The number of rotatable bonds is 6. The minimum atomic E-state index is 0.329. The molecule has 1 atom stereocenters. The van der Waals surface area contributed by atoms with Crippen molar-refractivity contribution in [2.45, 2.75) is 46.1 Å². The quantitative estimate of drug-likeness (QED) is 0.867. The Bertz CT molecular complexity index is 422. The van der Waals surface area contributed by atoms with E-state index in [2.05, 4.69) is 41.0 Å². The second-order valence-electron chi connectivity index (χ2n) is 5.26. The molecular weight excluding hydrogens is 252 g/mol. The van der Waals surface area contributed by atoms with Crippen molar-refractivity contribution in [3.8, 4) is 0 Å². The first-order valence-electron chi connectivity index (χ1n) is 7.68. The third-order valence-electron chi connectivity index (χ3n) is 3.68. The Hall–Kier alpha value is -1.36. The first kappa shape index (κ1) is 15.0. The zero-order valence-electron chi connectivity index (χ0n) is 12.9. The second-order valence-corrected chi connectivity index (χ2v) is 5.26. The molecule has 20 heavy (non-hydrogen) atoms. The number of aromatic nitrogens is 2. The Kier molecular flexibility index (Phi) is 5.59. The van der Waals surface area contributed by atoms with Crippen LogP contribution >= 0.6 is 0 Å². The maximum absolute atomic E-state index is 5.77. The lowest BCUT2D eigenvalue weighted by Crippen LogP contribution is -2.40. The van der Waals surface area contributed by atoms with E-state index in [1.807, 2.05) is 0 Å². The fraction of sp³-hybridized carbons (Fsp3) is 0.733. The average Bonchev–Trinajstić information content (AvgIpc) is 2.47. The van der Waals surface area contributed by atoms with E-state index >= 15 is 0 Å². The van der Waals surface area contributed by atoms with E-state index in [9.17, 15) is 0 Å². The molecule has 2 rings (SSSR count). The molecule has 0 radical (unpaired) electrons. The van der Waals surface area contributed by atoms with Gasteiger partial charge in [-0.15, -0.1) is 0 Å². The molecule has 0 aliphatic carbocycles. The van der Waals surface area contributed by atoms with Gasteiger partial charge in [-0.25, -0.2) is 9.97 Å². The Morgan fingerprint density at radius 2 is 2.25 bits per heavy atom. The smallest absolute Gasteiger partial charge is 0.137 e. The molecule has 1 N–H and O–H groups in total. The summed E-state index contributed by atoms with van der Waals surface area (Å²) in [7, 11) is 0. The van der Waals surface area contributed by atoms with Crippen molar-refractivity contribution in [3.05, 3.63) is 11.9 Å². The van der Waals surface area contributed by atoms with Gasteiger partial charge in [0.15, 0.2) is 0 Å². The van der Waals surface area contributed by atoms with E-state index in [-0.39, 0.29) is 0 Å². The van der Waals surface area contributed by atoms with Crippen LogP contribution in [0.25, 0.3) is 0 Å². The van der Waals surface area contributed by atoms with Crippen LogP contribution < -0.4 is 10.2 Å². The lowest BCUT2D eigenvalue weighted by molar-refractivity contribution is 0.0525. The van der Waals surface area contributed by atoms with Gasteiger partial charge >= 0.3 is 0 Å². The van der Waals surface area contributed by atoms with Crippen LogP contribution in [0.4, 0.5) is 11.6 Å². The van der Waals surface area contributed by atoms with Crippen molar-refractivity contribution < 1.29 is 4.74 Å². The van der Waals surface area contributed by atoms with Gasteiger partial charge in [0.1, 0.15) is 18.0 Å². The van der Waals surface area contributed by atoms with E-state index in [1.165, 1.54) is 0 Å². The molecule has 2 heterocycles. The molecule has 0 spiro atoms. The maximum Gasteiger partial charge on any atom is 0.137 e. The number of nitrogens with zero attached hydrogens (tertiary/aromatic N) is 3. The van der Waals surface area contributed by atoms with Crippen LogP contribution in [0.15, 0.2) is 6.33 Å². The summed E-state index contributed by atoms with van der Waals surface area (Å²) in [6.07, 6.45) is 5.39. The van der Waals surface area contributed by atoms with Crippen molar-refractivity contribution >= 4 is 11.6 Å². The molecule has 0 saturated carbocycles. The summed E-state index contributed by atoms with van der Waals surface area (Å²) >= 11 is 0. The number of piperidine rings is 1. The van der Waals surface area contributed by atoms with Crippen LogP contribution in [0.5, 0.6) is 0 Å².